The van der Waals surface area contributed by atoms with Crippen molar-refractivity contribution in [2.45, 2.75) is 6.42 Å². The fraction of sp³-hybridized carbons (Fsp3) is 0.188. The largest absolute Gasteiger partial charge is 0.488 e. The molecule has 0 aromatic heterocycles. The Balaban J connectivity index is 1.84. The summed E-state index contributed by atoms with van der Waals surface area (Å²) in [6, 6.07) is 12.1. The number of benzene rings is 2. The van der Waals surface area contributed by atoms with Crippen LogP contribution in [0, 0.1) is 0 Å². The van der Waals surface area contributed by atoms with Gasteiger partial charge in [0.15, 0.2) is 0 Å². The van der Waals surface area contributed by atoms with Gasteiger partial charge in [-0.25, -0.2) is 0 Å². The van der Waals surface area contributed by atoms with E-state index < -0.39 is 5.97 Å². The normalized spacial score (nSPS) is 10.2. The number of para-hydroxylation sites is 2. The van der Waals surface area contributed by atoms with Crippen LogP contribution in [0.4, 0.5) is 11.4 Å². The first-order chi connectivity index (χ1) is 10.6. The zero-order valence-corrected chi connectivity index (χ0v) is 12.0. The van der Waals surface area contributed by atoms with Crippen LogP contribution in [0.5, 0.6) is 11.5 Å². The molecule has 0 aliphatic rings. The summed E-state index contributed by atoms with van der Waals surface area (Å²) < 4.78 is 11.0. The van der Waals surface area contributed by atoms with E-state index in [9.17, 15) is 4.79 Å². The summed E-state index contributed by atoms with van der Waals surface area (Å²) in [5.74, 6) is 0.205. The number of carboxylic acid groups (broad SMARTS) is 1. The lowest BCUT2D eigenvalue weighted by Crippen LogP contribution is -2.11. The number of nitrogen functional groups attached to an aromatic ring is 2. The molecule has 0 fully saturated rings. The molecule has 6 nitrogen and oxygen atoms in total. The molecule has 0 saturated carbocycles. The van der Waals surface area contributed by atoms with Crippen molar-refractivity contribution in [3.63, 3.8) is 0 Å². The molecule has 2 aromatic carbocycles. The van der Waals surface area contributed by atoms with Crippen molar-refractivity contribution >= 4 is 17.3 Å². The van der Waals surface area contributed by atoms with E-state index in [1.807, 2.05) is 12.1 Å². The number of carbonyl (C=O) groups is 1. The molecule has 22 heavy (non-hydrogen) atoms. The second kappa shape index (κ2) is 7.21. The third-order valence-corrected chi connectivity index (χ3v) is 2.95. The van der Waals surface area contributed by atoms with E-state index in [4.69, 9.17) is 26.0 Å². The molecule has 0 spiro atoms. The van der Waals surface area contributed by atoms with Crippen molar-refractivity contribution < 1.29 is 19.4 Å². The van der Waals surface area contributed by atoms with Gasteiger partial charge in [0.2, 0.25) is 0 Å². The molecule has 5 N–H and O–H groups in total. The van der Waals surface area contributed by atoms with Gasteiger partial charge in [-0.1, -0.05) is 18.2 Å². The molecule has 2 rings (SSSR count). The van der Waals surface area contributed by atoms with E-state index >= 15 is 0 Å². The smallest absolute Gasteiger partial charge is 0.307 e. The Bertz CT molecular complexity index is 658. The third-order valence-electron chi connectivity index (χ3n) is 2.95. The second-order valence-electron chi connectivity index (χ2n) is 4.68. The minimum atomic E-state index is -0.901. The number of nitrogens with two attached hydrogens (primary N) is 2. The van der Waals surface area contributed by atoms with Crippen LogP contribution in [-0.4, -0.2) is 24.3 Å². The molecule has 0 bridgehead atoms. The zero-order chi connectivity index (χ0) is 15.9. The van der Waals surface area contributed by atoms with E-state index in [0.29, 0.717) is 41.7 Å². The highest BCUT2D eigenvalue weighted by atomic mass is 16.5. The van der Waals surface area contributed by atoms with Crippen LogP contribution in [0.1, 0.15) is 5.56 Å². The molecular formula is C16H18N2O4. The first kappa shape index (κ1) is 15.5. The number of carboxylic acids is 1. The van der Waals surface area contributed by atoms with Gasteiger partial charge in [0.25, 0.3) is 0 Å². The quantitative estimate of drug-likeness (QED) is 0.533. The number of aliphatic carboxylic acids is 1. The van der Waals surface area contributed by atoms with Gasteiger partial charge >= 0.3 is 5.97 Å². The first-order valence-corrected chi connectivity index (χ1v) is 6.76. The van der Waals surface area contributed by atoms with Crippen LogP contribution < -0.4 is 20.9 Å². The van der Waals surface area contributed by atoms with Crippen molar-refractivity contribution in [2.75, 3.05) is 24.7 Å². The summed E-state index contributed by atoms with van der Waals surface area (Å²) in [6.45, 7) is 0.626. The Labute approximate surface area is 128 Å². The van der Waals surface area contributed by atoms with Crippen LogP contribution >= 0.6 is 0 Å². The Morgan fingerprint density at radius 3 is 2.18 bits per heavy atom. The minimum Gasteiger partial charge on any atom is -0.488 e. The zero-order valence-electron chi connectivity index (χ0n) is 12.0. The van der Waals surface area contributed by atoms with Crippen LogP contribution in [0.2, 0.25) is 0 Å². The number of hydrogen-bond donors (Lipinski definition) is 3. The van der Waals surface area contributed by atoms with Gasteiger partial charge in [0.05, 0.1) is 17.8 Å². The molecule has 0 unspecified atom stereocenters. The highest BCUT2D eigenvalue weighted by molar-refractivity contribution is 5.71. The molecule has 0 aliphatic carbocycles. The van der Waals surface area contributed by atoms with Crippen LogP contribution in [0.15, 0.2) is 42.5 Å². The fourth-order valence-corrected chi connectivity index (χ4v) is 1.93. The molecule has 0 aliphatic heterocycles. The molecule has 6 heteroatoms. The Morgan fingerprint density at radius 2 is 1.59 bits per heavy atom. The summed E-state index contributed by atoms with van der Waals surface area (Å²) in [6.07, 6.45) is -0.0686. The molecular weight excluding hydrogens is 284 g/mol. The summed E-state index contributed by atoms with van der Waals surface area (Å²) in [5.41, 5.74) is 13.2. The highest BCUT2D eigenvalue weighted by Crippen LogP contribution is 2.23. The topological polar surface area (TPSA) is 108 Å². The fourth-order valence-electron chi connectivity index (χ4n) is 1.93. The van der Waals surface area contributed by atoms with Crippen LogP contribution in [-0.2, 0) is 11.2 Å². The predicted molar refractivity (Wildman–Crippen MR) is 84.0 cm³/mol. The monoisotopic (exact) mass is 302 g/mol. The maximum absolute atomic E-state index is 10.6. The van der Waals surface area contributed by atoms with E-state index in [2.05, 4.69) is 0 Å². The lowest BCUT2D eigenvalue weighted by molar-refractivity contribution is -0.136. The lowest BCUT2D eigenvalue weighted by Gasteiger charge is -2.12. The Kier molecular flexibility index (Phi) is 5.08. The Morgan fingerprint density at radius 1 is 0.955 bits per heavy atom. The van der Waals surface area contributed by atoms with Gasteiger partial charge in [-0.15, -0.1) is 0 Å². The maximum atomic E-state index is 10.6. The Hall–Kier alpha value is -2.89. The summed E-state index contributed by atoms with van der Waals surface area (Å²) >= 11 is 0. The molecule has 116 valence electrons. The maximum Gasteiger partial charge on any atom is 0.307 e. The number of hydrogen-bond acceptors (Lipinski definition) is 5. The summed E-state index contributed by atoms with van der Waals surface area (Å²) in [7, 11) is 0. The summed E-state index contributed by atoms with van der Waals surface area (Å²) in [5, 5.41) is 8.73. The molecule has 0 atom stereocenters. The van der Waals surface area contributed by atoms with Gasteiger partial charge in [-0.3, -0.25) is 4.79 Å². The predicted octanol–water partition coefficient (Wildman–Crippen LogP) is 1.94. The number of anilines is 2. The van der Waals surface area contributed by atoms with Gasteiger partial charge in [-0.05, 0) is 29.8 Å². The minimum absolute atomic E-state index is 0.0686. The van der Waals surface area contributed by atoms with Gasteiger partial charge in [0.1, 0.15) is 24.7 Å². The SMILES string of the molecule is Nc1ccccc1OCCOc1ccc(CC(=O)O)cc1N. The second-order valence-corrected chi connectivity index (χ2v) is 4.68. The van der Waals surface area contributed by atoms with Gasteiger partial charge in [0, 0.05) is 0 Å². The molecule has 0 amide bonds. The van der Waals surface area contributed by atoms with E-state index in [1.54, 1.807) is 30.3 Å². The van der Waals surface area contributed by atoms with Crippen molar-refractivity contribution in [3.8, 4) is 11.5 Å². The number of rotatable bonds is 7. The van der Waals surface area contributed by atoms with Gasteiger partial charge < -0.3 is 26.0 Å². The average molecular weight is 302 g/mol. The summed E-state index contributed by atoms with van der Waals surface area (Å²) in [4.78, 5) is 10.6. The third kappa shape index (κ3) is 4.31. The van der Waals surface area contributed by atoms with Crippen molar-refractivity contribution in [1.29, 1.82) is 0 Å². The molecule has 0 heterocycles. The van der Waals surface area contributed by atoms with Gasteiger partial charge in [-0.2, -0.15) is 0 Å². The van der Waals surface area contributed by atoms with Crippen LogP contribution in [0.3, 0.4) is 0 Å². The molecule has 0 radical (unpaired) electrons. The van der Waals surface area contributed by atoms with E-state index in [1.165, 1.54) is 0 Å². The van der Waals surface area contributed by atoms with Crippen molar-refractivity contribution in [3.05, 3.63) is 48.0 Å². The standard InChI is InChI=1S/C16H18N2O4/c17-12-3-1-2-4-14(12)21-7-8-22-15-6-5-11(9-13(15)18)10-16(19)20/h1-6,9H,7-8,10,17-18H2,(H,19,20). The average Bonchev–Trinajstić information content (AvgIpc) is 2.46. The molecule has 2 aromatic rings. The molecule has 0 saturated heterocycles. The van der Waals surface area contributed by atoms with Crippen LogP contribution in [0.25, 0.3) is 0 Å². The highest BCUT2D eigenvalue weighted by Gasteiger charge is 2.06. The van der Waals surface area contributed by atoms with Crippen molar-refractivity contribution in [2.24, 2.45) is 0 Å². The lowest BCUT2D eigenvalue weighted by atomic mass is 10.1. The van der Waals surface area contributed by atoms with E-state index in [-0.39, 0.29) is 6.42 Å². The number of ether oxygens (including phenoxy) is 2. The van der Waals surface area contributed by atoms with E-state index in [0.717, 1.165) is 0 Å². The van der Waals surface area contributed by atoms with Crippen molar-refractivity contribution in [1.82, 2.24) is 0 Å². The first-order valence-electron chi connectivity index (χ1n) is 6.76.